The molecule has 27 nitrogen and oxygen atoms in total. The van der Waals surface area contributed by atoms with Crippen LogP contribution in [0.15, 0.2) is 77.8 Å². The number of rotatable bonds is 35. The van der Waals surface area contributed by atoms with Crippen molar-refractivity contribution in [1.29, 1.82) is 0 Å². The monoisotopic (exact) mass is 1150 g/mol. The molecule has 4 aromatic carbocycles. The first-order chi connectivity index (χ1) is 39.8. The van der Waals surface area contributed by atoms with Gasteiger partial charge in [0.25, 0.3) is 23.6 Å². The standard InChI is InChI=1S/C56H79N15O12/c1-80-44-20-16-32(28-36(44)48(61)72)66-53(77)41(13-6-9-25-58)69-49(73)38-30-34(18-22-46(38)82-3)67-54(78)42(14-7-10-26-59)70-50(74)39-31-35(19-23-47(39)83-4)68-55(79)43(15-11-27-64-56(62)63)71-51(75)37-29-33(17-21-45(37)81-2)65-52(76)40(60)12-5-8-24-57/h16-23,28-31,40-43H,5-15,24-27,57-60H2,1-4H3,(H2,61,72)(H,65,76)(H,66,77)(H,67,78)(H,68,79)(H,69,73)(H,70,74)(H,71,75)(H4,62,63,64). The number of nitrogens with zero attached hydrogens (tertiary/aromatic N) is 1. The van der Waals surface area contributed by atoms with Gasteiger partial charge in [-0.3, -0.25) is 43.3 Å². The molecule has 0 fully saturated rings. The molecule has 4 aromatic rings. The number of anilines is 4. The molecule has 0 aliphatic heterocycles. The highest BCUT2D eigenvalue weighted by atomic mass is 16.5. The molecule has 0 aromatic heterocycles. The van der Waals surface area contributed by atoms with E-state index in [1.807, 2.05) is 0 Å². The lowest BCUT2D eigenvalue weighted by Crippen LogP contribution is -2.44. The smallest absolute Gasteiger partial charge is 0.255 e. The highest BCUT2D eigenvalue weighted by Crippen LogP contribution is 2.28. The number of benzene rings is 4. The van der Waals surface area contributed by atoms with E-state index in [1.165, 1.54) is 101 Å². The van der Waals surface area contributed by atoms with Gasteiger partial charge in [0.2, 0.25) is 23.6 Å². The Kier molecular flexibility index (Phi) is 27.5. The van der Waals surface area contributed by atoms with E-state index in [4.69, 9.17) is 59.1 Å². The van der Waals surface area contributed by atoms with Gasteiger partial charge in [-0.1, -0.05) is 6.42 Å². The molecule has 4 rings (SSSR count). The Balaban J connectivity index is 1.57. The molecule has 4 atom stereocenters. The Morgan fingerprint density at radius 1 is 0.422 bits per heavy atom. The summed E-state index contributed by atoms with van der Waals surface area (Å²) in [6.45, 7) is 1.22. The van der Waals surface area contributed by atoms with E-state index in [0.29, 0.717) is 64.6 Å². The van der Waals surface area contributed by atoms with Crippen LogP contribution >= 0.6 is 0 Å². The van der Waals surface area contributed by atoms with Gasteiger partial charge in [-0.05, 0) is 157 Å². The maximum Gasteiger partial charge on any atom is 0.255 e. The summed E-state index contributed by atoms with van der Waals surface area (Å²) >= 11 is 0. The molecule has 450 valence electrons. The van der Waals surface area contributed by atoms with Crippen molar-refractivity contribution >= 4 is 76.0 Å². The van der Waals surface area contributed by atoms with Crippen LogP contribution in [0.2, 0.25) is 0 Å². The number of nitrogens with one attached hydrogen (secondary N) is 7. The second kappa shape index (κ2) is 34.3. The molecule has 0 aliphatic carbocycles. The summed E-state index contributed by atoms with van der Waals surface area (Å²) in [6, 6.07) is 12.9. The van der Waals surface area contributed by atoms with Crippen molar-refractivity contribution in [1.82, 2.24) is 16.0 Å². The molecular formula is C56H79N15O12. The quantitative estimate of drug-likeness (QED) is 0.0177. The van der Waals surface area contributed by atoms with Crippen molar-refractivity contribution in [2.75, 3.05) is 75.9 Å². The van der Waals surface area contributed by atoms with E-state index in [1.54, 1.807) is 0 Å². The fourth-order valence-electron chi connectivity index (χ4n) is 8.43. The lowest BCUT2D eigenvalue weighted by atomic mass is 10.1. The van der Waals surface area contributed by atoms with Crippen LogP contribution in [-0.2, 0) is 19.2 Å². The summed E-state index contributed by atoms with van der Waals surface area (Å²) in [4.78, 5) is 113. The maximum absolute atomic E-state index is 14.3. The molecule has 83 heavy (non-hydrogen) atoms. The van der Waals surface area contributed by atoms with Crippen LogP contribution in [0.1, 0.15) is 112 Å². The predicted molar refractivity (Wildman–Crippen MR) is 315 cm³/mol. The van der Waals surface area contributed by atoms with E-state index in [0.717, 1.165) is 0 Å². The number of nitrogens with two attached hydrogens (primary N) is 7. The summed E-state index contributed by atoms with van der Waals surface area (Å²) < 4.78 is 21.7. The second-order valence-corrected chi connectivity index (χ2v) is 19.0. The molecule has 8 amide bonds. The Bertz CT molecular complexity index is 2920. The summed E-state index contributed by atoms with van der Waals surface area (Å²) in [7, 11) is 5.40. The van der Waals surface area contributed by atoms with Gasteiger partial charge in [-0.25, -0.2) is 0 Å². The molecule has 0 saturated heterocycles. The molecular weight excluding hydrogens is 1070 g/mol. The minimum Gasteiger partial charge on any atom is -0.496 e. The molecule has 0 heterocycles. The number of guanidine groups is 1. The van der Waals surface area contributed by atoms with Crippen molar-refractivity contribution in [3.05, 3.63) is 95.1 Å². The van der Waals surface area contributed by atoms with Crippen molar-refractivity contribution in [3.8, 4) is 23.0 Å². The number of unbranched alkanes of at least 4 members (excludes halogenated alkanes) is 3. The summed E-state index contributed by atoms with van der Waals surface area (Å²) in [5.41, 5.74) is 40.4. The predicted octanol–water partition coefficient (Wildman–Crippen LogP) is 1.74. The van der Waals surface area contributed by atoms with Gasteiger partial charge in [0.05, 0.1) is 56.7 Å². The Hall–Kier alpha value is -9.05. The number of carbonyl (C=O) groups excluding carboxylic acids is 8. The van der Waals surface area contributed by atoms with Crippen molar-refractivity contribution in [2.45, 2.75) is 94.8 Å². The van der Waals surface area contributed by atoms with Crippen LogP contribution in [0.25, 0.3) is 0 Å². The normalized spacial score (nSPS) is 12.2. The molecule has 0 bridgehead atoms. The van der Waals surface area contributed by atoms with Crippen LogP contribution < -0.4 is 96.3 Å². The number of carbonyl (C=O) groups is 8. The average molecular weight is 1150 g/mol. The van der Waals surface area contributed by atoms with Gasteiger partial charge in [-0.2, -0.15) is 0 Å². The summed E-state index contributed by atoms with van der Waals surface area (Å²) in [6.07, 6.45) is 4.26. The third-order valence-electron chi connectivity index (χ3n) is 12.9. The van der Waals surface area contributed by atoms with E-state index < -0.39 is 71.4 Å². The summed E-state index contributed by atoms with van der Waals surface area (Å²) in [5.74, 6) is -5.08. The number of methoxy groups -OCH3 is 4. The average Bonchev–Trinajstić information content (AvgIpc) is 3.54. The Morgan fingerprint density at radius 3 is 1.04 bits per heavy atom. The number of aliphatic imine (C=N–C) groups is 1. The number of hydrogen-bond acceptors (Lipinski definition) is 17. The number of hydrogen-bond donors (Lipinski definition) is 14. The lowest BCUT2D eigenvalue weighted by Gasteiger charge is -2.22. The molecule has 21 N–H and O–H groups in total. The first-order valence-electron chi connectivity index (χ1n) is 26.9. The highest BCUT2D eigenvalue weighted by molar-refractivity contribution is 6.07. The van der Waals surface area contributed by atoms with Gasteiger partial charge < -0.3 is 96.3 Å². The molecule has 0 saturated carbocycles. The molecule has 4 unspecified atom stereocenters. The molecule has 27 heteroatoms. The molecule has 0 radical (unpaired) electrons. The zero-order chi connectivity index (χ0) is 61.0. The first-order valence-corrected chi connectivity index (χ1v) is 26.9. The highest BCUT2D eigenvalue weighted by Gasteiger charge is 2.29. The van der Waals surface area contributed by atoms with E-state index >= 15 is 0 Å². The van der Waals surface area contributed by atoms with Crippen LogP contribution in [0.3, 0.4) is 0 Å². The van der Waals surface area contributed by atoms with Crippen LogP contribution in [0.5, 0.6) is 23.0 Å². The van der Waals surface area contributed by atoms with E-state index in [-0.39, 0.29) is 106 Å². The van der Waals surface area contributed by atoms with Crippen LogP contribution in [0, 0.1) is 0 Å². The number of ether oxygens (including phenoxy) is 4. The number of primary amides is 1. The van der Waals surface area contributed by atoms with Gasteiger partial charge in [0, 0.05) is 29.3 Å². The topological polar surface area (TPSA) is 452 Å². The van der Waals surface area contributed by atoms with Crippen LogP contribution in [-0.4, -0.2) is 132 Å². The van der Waals surface area contributed by atoms with Crippen molar-refractivity contribution in [2.24, 2.45) is 45.1 Å². The minimum absolute atomic E-state index is 0.00884. The number of amides is 8. The van der Waals surface area contributed by atoms with Gasteiger partial charge >= 0.3 is 0 Å². The maximum atomic E-state index is 14.3. The van der Waals surface area contributed by atoms with Crippen LogP contribution in [0.4, 0.5) is 22.7 Å². The van der Waals surface area contributed by atoms with Crippen molar-refractivity contribution in [3.63, 3.8) is 0 Å². The molecule has 0 aliphatic rings. The first kappa shape index (κ1) is 66.5. The fraction of sp³-hybridized carbons (Fsp3) is 0.411. The van der Waals surface area contributed by atoms with E-state index in [2.05, 4.69) is 42.2 Å². The Morgan fingerprint density at radius 2 is 0.723 bits per heavy atom. The van der Waals surface area contributed by atoms with Gasteiger partial charge in [0.15, 0.2) is 5.96 Å². The third-order valence-corrected chi connectivity index (χ3v) is 12.9. The lowest BCUT2D eigenvalue weighted by molar-refractivity contribution is -0.118. The van der Waals surface area contributed by atoms with Gasteiger partial charge in [-0.15, -0.1) is 0 Å². The van der Waals surface area contributed by atoms with Crippen molar-refractivity contribution < 1.29 is 57.3 Å². The second-order valence-electron chi connectivity index (χ2n) is 19.0. The zero-order valence-corrected chi connectivity index (χ0v) is 47.2. The summed E-state index contributed by atoms with van der Waals surface area (Å²) in [5, 5.41) is 19.2. The third kappa shape index (κ3) is 20.8. The minimum atomic E-state index is -1.22. The molecule has 0 spiro atoms. The SMILES string of the molecule is COc1ccc(NC(=O)C(CCCCN)NC(=O)c2cc(NC(=O)C(CCCCN)NC(=O)c3cc(NC(=O)C(CCCN=C(N)N)NC(=O)c4cc(NC(=O)C(N)CCCCN)ccc4OC)ccc3OC)ccc2OC)cc1C(N)=O. The Labute approximate surface area is 481 Å². The largest absolute Gasteiger partial charge is 0.496 e. The fourth-order valence-corrected chi connectivity index (χ4v) is 8.43. The van der Waals surface area contributed by atoms with Gasteiger partial charge in [0.1, 0.15) is 41.1 Å². The van der Waals surface area contributed by atoms with E-state index in [9.17, 15) is 38.4 Å². The zero-order valence-electron chi connectivity index (χ0n) is 47.2.